The smallest absolute Gasteiger partial charge is 0.307 e. The quantitative estimate of drug-likeness (QED) is 0.909. The normalized spacial score (nSPS) is 24.8. The van der Waals surface area contributed by atoms with Gasteiger partial charge < -0.3 is 14.9 Å². The van der Waals surface area contributed by atoms with Crippen LogP contribution in [0.1, 0.15) is 6.42 Å². The van der Waals surface area contributed by atoms with E-state index in [0.717, 1.165) is 5.69 Å². The number of aliphatic carboxylic acids is 1. The Hall–Kier alpha value is -2.11. The molecule has 0 unspecified atom stereocenters. The van der Waals surface area contributed by atoms with Crippen molar-refractivity contribution in [3.63, 3.8) is 0 Å². The topological polar surface area (TPSA) is 60.9 Å². The van der Waals surface area contributed by atoms with E-state index >= 15 is 0 Å². The minimum absolute atomic E-state index is 0.0406. The van der Waals surface area contributed by atoms with Crippen LogP contribution in [0.5, 0.6) is 0 Å². The first-order valence-electron chi connectivity index (χ1n) is 7.08. The van der Waals surface area contributed by atoms with Crippen molar-refractivity contribution in [1.29, 1.82) is 0 Å². The molecule has 0 spiro atoms. The molecule has 3 rings (SSSR count). The Balaban J connectivity index is 1.54. The highest BCUT2D eigenvalue weighted by Crippen LogP contribution is 2.40. The summed E-state index contributed by atoms with van der Waals surface area (Å²) in [5, 5.41) is 8.87. The second-order valence-corrected chi connectivity index (χ2v) is 5.58. The van der Waals surface area contributed by atoms with Crippen LogP contribution in [-0.4, -0.2) is 48.1 Å². The first kappa shape index (κ1) is 13.9. The van der Waals surface area contributed by atoms with Gasteiger partial charge in [-0.2, -0.15) is 0 Å². The van der Waals surface area contributed by atoms with Crippen LogP contribution in [0.4, 0.5) is 10.1 Å². The molecule has 1 aliphatic carbocycles. The lowest BCUT2D eigenvalue weighted by atomic mass is 10.2. The van der Waals surface area contributed by atoms with Gasteiger partial charge in [-0.1, -0.05) is 0 Å². The molecule has 1 heterocycles. The molecule has 1 aromatic carbocycles. The molecule has 2 fully saturated rings. The maximum Gasteiger partial charge on any atom is 0.307 e. The van der Waals surface area contributed by atoms with Crippen molar-refractivity contribution in [3.05, 3.63) is 30.1 Å². The highest BCUT2D eigenvalue weighted by molar-refractivity contribution is 5.89. The monoisotopic (exact) mass is 292 g/mol. The molecule has 1 aromatic rings. The minimum atomic E-state index is -0.877. The van der Waals surface area contributed by atoms with Gasteiger partial charge in [-0.05, 0) is 30.7 Å². The number of carbonyl (C=O) groups excluding carboxylic acids is 1. The number of amides is 1. The molecule has 1 N–H and O–H groups in total. The summed E-state index contributed by atoms with van der Waals surface area (Å²) in [6, 6.07) is 6.31. The second-order valence-electron chi connectivity index (χ2n) is 5.58. The molecule has 2 aliphatic rings. The van der Waals surface area contributed by atoms with Crippen LogP contribution in [-0.2, 0) is 9.59 Å². The lowest BCUT2D eigenvalue weighted by Crippen LogP contribution is -2.49. The van der Waals surface area contributed by atoms with E-state index in [1.807, 2.05) is 0 Å². The van der Waals surface area contributed by atoms with Crippen molar-refractivity contribution in [3.8, 4) is 0 Å². The summed E-state index contributed by atoms with van der Waals surface area (Å²) in [6.45, 7) is 2.53. The van der Waals surface area contributed by atoms with Gasteiger partial charge in [0.25, 0.3) is 0 Å². The molecular weight excluding hydrogens is 275 g/mol. The van der Waals surface area contributed by atoms with Crippen LogP contribution in [0.2, 0.25) is 0 Å². The Morgan fingerprint density at radius 2 is 1.67 bits per heavy atom. The highest BCUT2D eigenvalue weighted by Gasteiger charge is 2.49. The molecule has 1 aliphatic heterocycles. The molecule has 1 saturated heterocycles. The summed E-state index contributed by atoms with van der Waals surface area (Å²) in [4.78, 5) is 26.8. The van der Waals surface area contributed by atoms with Gasteiger partial charge in [0.1, 0.15) is 5.82 Å². The number of piperazine rings is 1. The van der Waals surface area contributed by atoms with Gasteiger partial charge >= 0.3 is 5.97 Å². The Morgan fingerprint density at radius 3 is 2.19 bits per heavy atom. The summed E-state index contributed by atoms with van der Waals surface area (Å²) < 4.78 is 12.9. The van der Waals surface area contributed by atoms with Crippen molar-refractivity contribution >= 4 is 17.6 Å². The first-order chi connectivity index (χ1) is 10.1. The van der Waals surface area contributed by atoms with Gasteiger partial charge in [-0.3, -0.25) is 9.59 Å². The summed E-state index contributed by atoms with van der Waals surface area (Å²) in [5.74, 6) is -2.01. The SMILES string of the molecule is O=C(O)[C@H]1C[C@H]1C(=O)N1CCN(c2ccc(F)cc2)CC1. The van der Waals surface area contributed by atoms with Crippen LogP contribution in [0.3, 0.4) is 0 Å². The van der Waals surface area contributed by atoms with Crippen molar-refractivity contribution in [2.24, 2.45) is 11.8 Å². The highest BCUT2D eigenvalue weighted by atomic mass is 19.1. The van der Waals surface area contributed by atoms with E-state index < -0.39 is 11.9 Å². The third-order valence-corrected chi connectivity index (χ3v) is 4.21. The minimum Gasteiger partial charge on any atom is -0.481 e. The molecule has 0 aromatic heterocycles. The molecule has 5 nitrogen and oxygen atoms in total. The number of carboxylic acids is 1. The van der Waals surface area contributed by atoms with Gasteiger partial charge in [0.2, 0.25) is 5.91 Å². The number of anilines is 1. The average molecular weight is 292 g/mol. The Bertz CT molecular complexity index is 553. The molecular formula is C15H17FN2O3. The van der Waals surface area contributed by atoms with E-state index in [-0.39, 0.29) is 17.6 Å². The third-order valence-electron chi connectivity index (χ3n) is 4.21. The molecule has 1 amide bonds. The van der Waals surface area contributed by atoms with Crippen molar-refractivity contribution < 1.29 is 19.1 Å². The molecule has 6 heteroatoms. The molecule has 2 atom stereocenters. The zero-order valence-electron chi connectivity index (χ0n) is 11.5. The van der Waals surface area contributed by atoms with Crippen molar-refractivity contribution in [2.45, 2.75) is 6.42 Å². The van der Waals surface area contributed by atoms with Gasteiger partial charge in [0.15, 0.2) is 0 Å². The van der Waals surface area contributed by atoms with E-state index in [9.17, 15) is 14.0 Å². The number of nitrogens with zero attached hydrogens (tertiary/aromatic N) is 2. The van der Waals surface area contributed by atoms with E-state index in [4.69, 9.17) is 5.11 Å². The van der Waals surface area contributed by atoms with E-state index in [1.165, 1.54) is 12.1 Å². The number of carbonyl (C=O) groups is 2. The first-order valence-corrected chi connectivity index (χ1v) is 7.08. The molecule has 21 heavy (non-hydrogen) atoms. The zero-order valence-corrected chi connectivity index (χ0v) is 11.5. The summed E-state index contributed by atoms with van der Waals surface area (Å²) in [5.41, 5.74) is 0.943. The van der Waals surface area contributed by atoms with Crippen LogP contribution in [0, 0.1) is 17.7 Å². The maximum atomic E-state index is 12.9. The van der Waals surface area contributed by atoms with Crippen molar-refractivity contribution in [2.75, 3.05) is 31.1 Å². The van der Waals surface area contributed by atoms with Crippen LogP contribution < -0.4 is 4.90 Å². The van der Waals surface area contributed by atoms with E-state index in [1.54, 1.807) is 17.0 Å². The Morgan fingerprint density at radius 1 is 1.05 bits per heavy atom. The predicted molar refractivity (Wildman–Crippen MR) is 74.4 cm³/mol. The van der Waals surface area contributed by atoms with Gasteiger partial charge in [0.05, 0.1) is 11.8 Å². The average Bonchev–Trinajstić information content (AvgIpc) is 3.28. The fourth-order valence-electron chi connectivity index (χ4n) is 2.81. The maximum absolute atomic E-state index is 12.9. The Labute approximate surface area is 122 Å². The number of hydrogen-bond donors (Lipinski definition) is 1. The van der Waals surface area contributed by atoms with Gasteiger partial charge in [-0.15, -0.1) is 0 Å². The summed E-state index contributed by atoms with van der Waals surface area (Å²) >= 11 is 0. The number of rotatable bonds is 3. The van der Waals surface area contributed by atoms with Crippen LogP contribution in [0.25, 0.3) is 0 Å². The lowest BCUT2D eigenvalue weighted by Gasteiger charge is -2.36. The lowest BCUT2D eigenvalue weighted by molar-refractivity contribution is -0.142. The van der Waals surface area contributed by atoms with Crippen LogP contribution in [0.15, 0.2) is 24.3 Å². The van der Waals surface area contributed by atoms with Crippen LogP contribution >= 0.6 is 0 Å². The Kier molecular flexibility index (Phi) is 3.53. The van der Waals surface area contributed by atoms with Gasteiger partial charge in [0, 0.05) is 31.9 Å². The number of halogens is 1. The fraction of sp³-hybridized carbons (Fsp3) is 0.467. The van der Waals surface area contributed by atoms with Crippen molar-refractivity contribution in [1.82, 2.24) is 4.90 Å². The molecule has 0 bridgehead atoms. The third kappa shape index (κ3) is 2.84. The molecule has 112 valence electrons. The van der Waals surface area contributed by atoms with Gasteiger partial charge in [-0.25, -0.2) is 4.39 Å². The largest absolute Gasteiger partial charge is 0.481 e. The number of hydrogen-bond acceptors (Lipinski definition) is 3. The standard InChI is InChI=1S/C15H17FN2O3/c16-10-1-3-11(4-2-10)17-5-7-18(8-6-17)14(19)12-9-13(12)15(20)21/h1-4,12-13H,5-9H2,(H,20,21)/t12-,13+/m1/s1. The van der Waals surface area contributed by atoms with E-state index in [0.29, 0.717) is 32.6 Å². The van der Waals surface area contributed by atoms with E-state index in [2.05, 4.69) is 4.90 Å². The summed E-state index contributed by atoms with van der Waals surface area (Å²) in [6.07, 6.45) is 0.465. The second kappa shape index (κ2) is 5.35. The number of carboxylic acid groups (broad SMARTS) is 1. The zero-order chi connectivity index (χ0) is 15.0. The number of benzene rings is 1. The molecule has 1 saturated carbocycles. The fourth-order valence-corrected chi connectivity index (χ4v) is 2.81. The predicted octanol–water partition coefficient (Wildman–Crippen LogP) is 1.20. The summed E-state index contributed by atoms with van der Waals surface area (Å²) in [7, 11) is 0. The molecule has 0 radical (unpaired) electrons.